The van der Waals surface area contributed by atoms with Gasteiger partial charge in [-0.25, -0.2) is 14.3 Å². The van der Waals surface area contributed by atoms with E-state index in [0.29, 0.717) is 22.2 Å². The SMILES string of the molecule is Cn1c(SCc2cc(F)ccc2N)n[nH]c1=O. The maximum atomic E-state index is 13.0. The molecule has 0 aliphatic carbocycles. The van der Waals surface area contributed by atoms with Crippen molar-refractivity contribution in [2.75, 3.05) is 5.73 Å². The van der Waals surface area contributed by atoms with E-state index >= 15 is 0 Å². The van der Waals surface area contributed by atoms with E-state index in [0.717, 1.165) is 0 Å². The molecule has 0 saturated carbocycles. The minimum absolute atomic E-state index is 0.278. The zero-order chi connectivity index (χ0) is 12.4. The quantitative estimate of drug-likeness (QED) is 0.635. The fourth-order valence-corrected chi connectivity index (χ4v) is 2.22. The molecule has 0 bridgehead atoms. The van der Waals surface area contributed by atoms with Crippen molar-refractivity contribution >= 4 is 17.4 Å². The first-order chi connectivity index (χ1) is 8.08. The highest BCUT2D eigenvalue weighted by molar-refractivity contribution is 7.98. The molecular formula is C10H11FN4OS. The van der Waals surface area contributed by atoms with Gasteiger partial charge < -0.3 is 5.73 Å². The molecule has 3 N–H and O–H groups in total. The average Bonchev–Trinajstić information content (AvgIpc) is 2.62. The number of benzene rings is 1. The zero-order valence-corrected chi connectivity index (χ0v) is 9.92. The maximum absolute atomic E-state index is 13.0. The monoisotopic (exact) mass is 254 g/mol. The smallest absolute Gasteiger partial charge is 0.343 e. The molecule has 2 rings (SSSR count). The number of H-pyrrole nitrogens is 1. The van der Waals surface area contributed by atoms with Gasteiger partial charge in [-0.2, -0.15) is 0 Å². The molecule has 17 heavy (non-hydrogen) atoms. The van der Waals surface area contributed by atoms with Crippen molar-refractivity contribution < 1.29 is 4.39 Å². The molecule has 0 aliphatic heterocycles. The first kappa shape index (κ1) is 11.7. The number of nitrogen functional groups attached to an aromatic ring is 1. The predicted octanol–water partition coefficient (Wildman–Crippen LogP) is 1.12. The van der Waals surface area contributed by atoms with Gasteiger partial charge in [0.05, 0.1) is 0 Å². The summed E-state index contributed by atoms with van der Waals surface area (Å²) in [5, 5.41) is 6.71. The van der Waals surface area contributed by atoms with Crippen LogP contribution in [-0.4, -0.2) is 14.8 Å². The molecule has 0 fully saturated rings. The van der Waals surface area contributed by atoms with Gasteiger partial charge in [0.1, 0.15) is 5.82 Å². The van der Waals surface area contributed by atoms with Gasteiger partial charge in [-0.05, 0) is 23.8 Å². The van der Waals surface area contributed by atoms with Crippen LogP contribution in [0.4, 0.5) is 10.1 Å². The molecule has 7 heteroatoms. The third kappa shape index (κ3) is 2.50. The van der Waals surface area contributed by atoms with E-state index in [-0.39, 0.29) is 11.5 Å². The van der Waals surface area contributed by atoms with E-state index in [1.165, 1.54) is 34.5 Å². The molecule has 0 amide bonds. The normalized spacial score (nSPS) is 10.7. The van der Waals surface area contributed by atoms with Crippen molar-refractivity contribution in [2.24, 2.45) is 7.05 Å². The highest BCUT2D eigenvalue weighted by atomic mass is 32.2. The van der Waals surface area contributed by atoms with Crippen molar-refractivity contribution in [1.82, 2.24) is 14.8 Å². The number of thioether (sulfide) groups is 1. The van der Waals surface area contributed by atoms with Crippen molar-refractivity contribution in [3.8, 4) is 0 Å². The summed E-state index contributed by atoms with van der Waals surface area (Å²) in [5.41, 5.74) is 6.65. The number of hydrogen-bond acceptors (Lipinski definition) is 4. The van der Waals surface area contributed by atoms with Crippen LogP contribution in [0.3, 0.4) is 0 Å². The van der Waals surface area contributed by atoms with Gasteiger partial charge in [-0.15, -0.1) is 5.10 Å². The molecule has 2 aromatic rings. The lowest BCUT2D eigenvalue weighted by Gasteiger charge is -2.04. The second-order valence-electron chi connectivity index (χ2n) is 3.50. The molecule has 0 aliphatic rings. The van der Waals surface area contributed by atoms with E-state index in [1.54, 1.807) is 7.05 Å². The standard InChI is InChI=1S/C10H11FN4OS/c1-15-9(16)13-14-10(15)17-5-6-4-7(11)2-3-8(6)12/h2-4H,5,12H2,1H3,(H,13,16). The Bertz CT molecular complexity index is 592. The molecule has 1 aromatic heterocycles. The van der Waals surface area contributed by atoms with E-state index in [2.05, 4.69) is 10.2 Å². The lowest BCUT2D eigenvalue weighted by molar-refractivity contribution is 0.627. The number of anilines is 1. The third-order valence-corrected chi connectivity index (χ3v) is 3.38. The van der Waals surface area contributed by atoms with Crippen LogP contribution in [0.15, 0.2) is 28.2 Å². The third-order valence-electron chi connectivity index (χ3n) is 2.30. The molecule has 1 heterocycles. The molecule has 0 atom stereocenters. The number of hydrogen-bond donors (Lipinski definition) is 2. The van der Waals surface area contributed by atoms with E-state index < -0.39 is 0 Å². The summed E-state index contributed by atoms with van der Waals surface area (Å²) in [5.74, 6) is 0.132. The van der Waals surface area contributed by atoms with Gasteiger partial charge >= 0.3 is 5.69 Å². The summed E-state index contributed by atoms with van der Waals surface area (Å²) in [6.45, 7) is 0. The van der Waals surface area contributed by atoms with Crippen molar-refractivity contribution in [3.05, 3.63) is 40.1 Å². The van der Waals surface area contributed by atoms with Crippen molar-refractivity contribution in [2.45, 2.75) is 10.9 Å². The van der Waals surface area contributed by atoms with Crippen LogP contribution >= 0.6 is 11.8 Å². The molecule has 0 radical (unpaired) electrons. The number of nitrogens with one attached hydrogen (secondary N) is 1. The molecule has 0 saturated heterocycles. The highest BCUT2D eigenvalue weighted by Crippen LogP contribution is 2.23. The molecule has 90 valence electrons. The first-order valence-corrected chi connectivity index (χ1v) is 5.84. The Kier molecular flexibility index (Phi) is 3.19. The molecule has 0 spiro atoms. The van der Waals surface area contributed by atoms with Crippen LogP contribution in [0, 0.1) is 5.82 Å². The maximum Gasteiger partial charge on any atom is 0.343 e. The van der Waals surface area contributed by atoms with Crippen LogP contribution < -0.4 is 11.4 Å². The number of rotatable bonds is 3. The van der Waals surface area contributed by atoms with Gasteiger partial charge in [0.2, 0.25) is 0 Å². The number of nitrogens with two attached hydrogens (primary N) is 1. The molecule has 5 nitrogen and oxygen atoms in total. The summed E-state index contributed by atoms with van der Waals surface area (Å²) in [4.78, 5) is 11.1. The molecule has 1 aromatic carbocycles. The predicted molar refractivity (Wildman–Crippen MR) is 64.2 cm³/mol. The average molecular weight is 254 g/mol. The number of nitrogens with zero attached hydrogens (tertiary/aromatic N) is 2. The Labute approximate surface area is 101 Å². The van der Waals surface area contributed by atoms with Gasteiger partial charge in [0, 0.05) is 18.5 Å². The Morgan fingerprint density at radius 2 is 2.35 bits per heavy atom. The van der Waals surface area contributed by atoms with E-state index in [4.69, 9.17) is 5.73 Å². The summed E-state index contributed by atoms with van der Waals surface area (Å²) in [6, 6.07) is 4.22. The summed E-state index contributed by atoms with van der Waals surface area (Å²) in [6.07, 6.45) is 0. The second-order valence-corrected chi connectivity index (χ2v) is 4.44. The Morgan fingerprint density at radius 1 is 1.59 bits per heavy atom. The number of halogens is 1. The Morgan fingerprint density at radius 3 is 3.00 bits per heavy atom. The van der Waals surface area contributed by atoms with Gasteiger partial charge in [0.15, 0.2) is 5.16 Å². The number of aromatic amines is 1. The van der Waals surface area contributed by atoms with Crippen LogP contribution in [0.25, 0.3) is 0 Å². The highest BCUT2D eigenvalue weighted by Gasteiger charge is 2.07. The van der Waals surface area contributed by atoms with Gasteiger partial charge in [0.25, 0.3) is 0 Å². The zero-order valence-electron chi connectivity index (χ0n) is 9.11. The van der Waals surface area contributed by atoms with E-state index in [9.17, 15) is 9.18 Å². The fraction of sp³-hybridized carbons (Fsp3) is 0.200. The topological polar surface area (TPSA) is 76.7 Å². The second kappa shape index (κ2) is 4.62. The van der Waals surface area contributed by atoms with Gasteiger partial charge in [-0.1, -0.05) is 11.8 Å². The van der Waals surface area contributed by atoms with Crippen LogP contribution in [0.2, 0.25) is 0 Å². The minimum atomic E-state index is -0.328. The largest absolute Gasteiger partial charge is 0.398 e. The molecule has 0 unspecified atom stereocenters. The summed E-state index contributed by atoms with van der Waals surface area (Å²) >= 11 is 1.32. The fourth-order valence-electron chi connectivity index (χ4n) is 1.30. The van der Waals surface area contributed by atoms with Crippen LogP contribution in [-0.2, 0) is 12.8 Å². The summed E-state index contributed by atoms with van der Waals surface area (Å²) in [7, 11) is 1.61. The minimum Gasteiger partial charge on any atom is -0.398 e. The van der Waals surface area contributed by atoms with Crippen LogP contribution in [0.5, 0.6) is 0 Å². The Balaban J connectivity index is 2.15. The molecular weight excluding hydrogens is 243 g/mol. The van der Waals surface area contributed by atoms with Crippen LogP contribution in [0.1, 0.15) is 5.56 Å². The number of aromatic nitrogens is 3. The lowest BCUT2D eigenvalue weighted by Crippen LogP contribution is -2.12. The van der Waals surface area contributed by atoms with E-state index in [1.807, 2.05) is 0 Å². The van der Waals surface area contributed by atoms with Gasteiger partial charge in [-0.3, -0.25) is 4.57 Å². The first-order valence-electron chi connectivity index (χ1n) is 4.86. The summed E-state index contributed by atoms with van der Waals surface area (Å²) < 4.78 is 14.4. The lowest BCUT2D eigenvalue weighted by atomic mass is 10.2. The Hall–Kier alpha value is -1.76. The van der Waals surface area contributed by atoms with Crippen molar-refractivity contribution in [1.29, 1.82) is 0 Å². The van der Waals surface area contributed by atoms with Crippen molar-refractivity contribution in [3.63, 3.8) is 0 Å².